The van der Waals surface area contributed by atoms with Gasteiger partial charge < -0.3 is 5.32 Å². The lowest BCUT2D eigenvalue weighted by molar-refractivity contribution is -0.384. The first-order valence-corrected chi connectivity index (χ1v) is 6.10. The molecule has 0 unspecified atom stereocenters. The van der Waals surface area contributed by atoms with Crippen molar-refractivity contribution in [3.05, 3.63) is 21.6 Å². The minimum absolute atomic E-state index is 0.0330. The van der Waals surface area contributed by atoms with Gasteiger partial charge in [0.25, 0.3) is 0 Å². The number of hydrogen-bond acceptors (Lipinski definition) is 6. The Morgan fingerprint density at radius 2 is 2.47 bits per heavy atom. The minimum atomic E-state index is -0.562. The normalized spacial score (nSPS) is 9.65. The van der Waals surface area contributed by atoms with Crippen molar-refractivity contribution in [2.24, 2.45) is 0 Å². The van der Waals surface area contributed by atoms with Crippen LogP contribution in [0.5, 0.6) is 0 Å². The molecular formula is C9H9ClN4O2S. The number of anilines is 1. The fourth-order valence-electron chi connectivity index (χ4n) is 0.990. The topological polar surface area (TPSA) is 81.0 Å². The van der Waals surface area contributed by atoms with Gasteiger partial charge in [-0.05, 0) is 11.6 Å². The van der Waals surface area contributed by atoms with E-state index in [-0.39, 0.29) is 16.8 Å². The van der Waals surface area contributed by atoms with Crippen molar-refractivity contribution in [2.45, 2.75) is 0 Å². The average Bonchev–Trinajstić information content (AvgIpc) is 2.28. The maximum absolute atomic E-state index is 10.7. The number of thioether (sulfide) groups is 1. The van der Waals surface area contributed by atoms with Crippen LogP contribution in [-0.2, 0) is 0 Å². The molecule has 0 fully saturated rings. The zero-order valence-corrected chi connectivity index (χ0v) is 10.3. The lowest BCUT2D eigenvalue weighted by Gasteiger charge is -2.04. The Morgan fingerprint density at radius 3 is 3.12 bits per heavy atom. The molecule has 0 bridgehead atoms. The van der Waals surface area contributed by atoms with Gasteiger partial charge in [-0.2, -0.15) is 4.98 Å². The Balaban J connectivity index is 2.60. The van der Waals surface area contributed by atoms with Crippen LogP contribution >= 0.6 is 23.4 Å². The molecule has 0 aromatic carbocycles. The number of halogens is 1. The largest absolute Gasteiger partial charge is 0.363 e. The summed E-state index contributed by atoms with van der Waals surface area (Å²) in [6.07, 6.45) is 6.16. The van der Waals surface area contributed by atoms with Crippen LogP contribution in [0.15, 0.2) is 6.20 Å². The Morgan fingerprint density at radius 1 is 1.71 bits per heavy atom. The summed E-state index contributed by atoms with van der Waals surface area (Å²) in [5, 5.41) is 13.5. The molecule has 0 atom stereocenters. The first-order valence-electron chi connectivity index (χ1n) is 4.57. The molecule has 0 radical (unpaired) electrons. The summed E-state index contributed by atoms with van der Waals surface area (Å²) in [4.78, 5) is 17.4. The fourth-order valence-corrected chi connectivity index (χ4v) is 1.63. The molecule has 0 amide bonds. The summed E-state index contributed by atoms with van der Waals surface area (Å²) < 4.78 is 0. The minimum Gasteiger partial charge on any atom is -0.363 e. The van der Waals surface area contributed by atoms with Crippen molar-refractivity contribution in [1.29, 1.82) is 0 Å². The van der Waals surface area contributed by atoms with Crippen molar-refractivity contribution in [3.63, 3.8) is 0 Å². The molecule has 1 N–H and O–H groups in total. The molecule has 1 heterocycles. The fraction of sp³-hybridized carbons (Fsp3) is 0.333. The standard InChI is InChI=1S/C9H9ClN4O2S/c1-2-4-17-5-3-11-8-7(14(15)16)6-12-9(10)13-8/h1,6H,3-5H2,(H,11,12,13). The molecule has 6 nitrogen and oxygen atoms in total. The van der Waals surface area contributed by atoms with E-state index in [2.05, 4.69) is 21.2 Å². The monoisotopic (exact) mass is 272 g/mol. The van der Waals surface area contributed by atoms with Crippen LogP contribution in [0.4, 0.5) is 11.5 Å². The van der Waals surface area contributed by atoms with Crippen LogP contribution < -0.4 is 5.32 Å². The van der Waals surface area contributed by atoms with E-state index in [4.69, 9.17) is 18.0 Å². The van der Waals surface area contributed by atoms with Crippen molar-refractivity contribution >= 4 is 34.9 Å². The number of terminal acetylenes is 1. The van der Waals surface area contributed by atoms with Crippen molar-refractivity contribution in [3.8, 4) is 12.3 Å². The molecule has 17 heavy (non-hydrogen) atoms. The molecule has 1 aromatic heterocycles. The maximum Gasteiger partial charge on any atom is 0.329 e. The Bertz CT molecular complexity index is 449. The second kappa shape index (κ2) is 6.93. The van der Waals surface area contributed by atoms with Gasteiger partial charge in [-0.1, -0.05) is 5.92 Å². The molecule has 8 heteroatoms. The third-order valence-electron chi connectivity index (χ3n) is 1.66. The number of hydrogen-bond donors (Lipinski definition) is 1. The van der Waals surface area contributed by atoms with Crippen molar-refractivity contribution in [2.75, 3.05) is 23.4 Å². The number of nitrogens with zero attached hydrogens (tertiary/aromatic N) is 3. The van der Waals surface area contributed by atoms with Crippen LogP contribution in [0, 0.1) is 22.5 Å². The van der Waals surface area contributed by atoms with Gasteiger partial charge in [0.15, 0.2) is 0 Å². The van der Waals surface area contributed by atoms with Crippen LogP contribution in [0.25, 0.3) is 0 Å². The summed E-state index contributed by atoms with van der Waals surface area (Å²) in [6.45, 7) is 0.514. The highest BCUT2D eigenvalue weighted by atomic mass is 35.5. The molecule has 0 aliphatic heterocycles. The lowest BCUT2D eigenvalue weighted by Crippen LogP contribution is -2.09. The average molecular weight is 273 g/mol. The van der Waals surface area contributed by atoms with E-state index in [1.807, 2.05) is 0 Å². The molecule has 0 saturated heterocycles. The summed E-state index contributed by atoms with van der Waals surface area (Å²) in [6, 6.07) is 0. The molecule has 1 rings (SSSR count). The first-order chi connectivity index (χ1) is 8.15. The van der Waals surface area contributed by atoms with Gasteiger partial charge in [-0.3, -0.25) is 10.1 Å². The van der Waals surface area contributed by atoms with Gasteiger partial charge in [0.2, 0.25) is 11.1 Å². The highest BCUT2D eigenvalue weighted by molar-refractivity contribution is 7.99. The highest BCUT2D eigenvalue weighted by Gasteiger charge is 2.16. The SMILES string of the molecule is C#CCSCCNc1nc(Cl)ncc1[N+](=O)[O-]. The molecule has 0 aliphatic rings. The molecule has 0 aliphatic carbocycles. The van der Waals surface area contributed by atoms with E-state index in [1.54, 1.807) is 11.8 Å². The van der Waals surface area contributed by atoms with E-state index < -0.39 is 4.92 Å². The van der Waals surface area contributed by atoms with E-state index in [1.165, 1.54) is 0 Å². The van der Waals surface area contributed by atoms with E-state index in [0.29, 0.717) is 12.3 Å². The van der Waals surface area contributed by atoms with Gasteiger partial charge in [-0.15, -0.1) is 18.2 Å². The molecule has 0 saturated carbocycles. The summed E-state index contributed by atoms with van der Waals surface area (Å²) >= 11 is 7.11. The number of nitro groups is 1. The number of nitrogens with one attached hydrogen (secondary N) is 1. The second-order valence-electron chi connectivity index (χ2n) is 2.81. The second-order valence-corrected chi connectivity index (χ2v) is 4.26. The first kappa shape index (κ1) is 13.5. The predicted molar refractivity (Wildman–Crippen MR) is 68.3 cm³/mol. The zero-order chi connectivity index (χ0) is 12.7. The Hall–Kier alpha value is -1.52. The summed E-state index contributed by atoms with van der Waals surface area (Å²) in [5.74, 6) is 3.94. The van der Waals surface area contributed by atoms with E-state index in [9.17, 15) is 10.1 Å². The Labute approximate surface area is 107 Å². The third kappa shape index (κ3) is 4.46. The van der Waals surface area contributed by atoms with Crippen LogP contribution in [0.3, 0.4) is 0 Å². The summed E-state index contributed by atoms with van der Waals surface area (Å²) in [7, 11) is 0. The summed E-state index contributed by atoms with van der Waals surface area (Å²) in [5.41, 5.74) is -0.198. The number of aromatic nitrogens is 2. The van der Waals surface area contributed by atoms with Gasteiger partial charge in [-0.25, -0.2) is 4.98 Å². The van der Waals surface area contributed by atoms with E-state index >= 15 is 0 Å². The van der Waals surface area contributed by atoms with Gasteiger partial charge in [0, 0.05) is 12.3 Å². The molecular weight excluding hydrogens is 264 g/mol. The number of rotatable bonds is 6. The lowest BCUT2D eigenvalue weighted by atomic mass is 10.5. The molecule has 0 spiro atoms. The third-order valence-corrected chi connectivity index (χ3v) is 2.71. The van der Waals surface area contributed by atoms with Crippen molar-refractivity contribution < 1.29 is 4.92 Å². The zero-order valence-electron chi connectivity index (χ0n) is 8.72. The van der Waals surface area contributed by atoms with Crippen LogP contribution in [-0.4, -0.2) is 32.9 Å². The van der Waals surface area contributed by atoms with Crippen LogP contribution in [0.1, 0.15) is 0 Å². The molecule has 1 aromatic rings. The quantitative estimate of drug-likeness (QED) is 0.280. The Kier molecular flexibility index (Phi) is 5.52. The smallest absolute Gasteiger partial charge is 0.329 e. The van der Waals surface area contributed by atoms with Crippen LogP contribution in [0.2, 0.25) is 5.28 Å². The van der Waals surface area contributed by atoms with Gasteiger partial charge >= 0.3 is 5.69 Å². The highest BCUT2D eigenvalue weighted by Crippen LogP contribution is 2.21. The van der Waals surface area contributed by atoms with Gasteiger partial charge in [0.1, 0.15) is 6.20 Å². The predicted octanol–water partition coefficient (Wildman–Crippen LogP) is 1.82. The van der Waals surface area contributed by atoms with Gasteiger partial charge in [0.05, 0.1) is 10.7 Å². The maximum atomic E-state index is 10.7. The van der Waals surface area contributed by atoms with Crippen molar-refractivity contribution in [1.82, 2.24) is 9.97 Å². The van der Waals surface area contributed by atoms with E-state index in [0.717, 1.165) is 11.9 Å². The molecule has 90 valence electrons.